The van der Waals surface area contributed by atoms with E-state index >= 15 is 0 Å². The third kappa shape index (κ3) is 5.18. The van der Waals surface area contributed by atoms with Crippen molar-refractivity contribution >= 4 is 23.0 Å². The summed E-state index contributed by atoms with van der Waals surface area (Å²) in [6.07, 6.45) is 1.60. The van der Waals surface area contributed by atoms with Crippen LogP contribution in [0.5, 0.6) is 0 Å². The molecule has 0 bridgehead atoms. The van der Waals surface area contributed by atoms with Crippen LogP contribution in [-0.2, 0) is 21.0 Å². The molecule has 0 saturated heterocycles. The highest BCUT2D eigenvalue weighted by atomic mass is 35.5. The average molecular weight is 373 g/mol. The minimum absolute atomic E-state index is 0.172. The first-order chi connectivity index (χ1) is 12.7. The lowest BCUT2D eigenvalue weighted by Gasteiger charge is -2.11. The number of benzene rings is 2. The van der Waals surface area contributed by atoms with Crippen molar-refractivity contribution < 1.29 is 14.4 Å². The Bertz CT molecular complexity index is 789. The Labute approximate surface area is 158 Å². The zero-order chi connectivity index (χ0) is 18.8. The summed E-state index contributed by atoms with van der Waals surface area (Å²) < 4.78 is 5.21. The molecule has 0 atom stereocenters. The Morgan fingerprint density at radius 1 is 1.08 bits per heavy atom. The van der Waals surface area contributed by atoms with Crippen molar-refractivity contribution in [2.45, 2.75) is 6.61 Å². The quantitative estimate of drug-likeness (QED) is 0.483. The molecule has 2 rings (SSSR count). The molecule has 0 amide bonds. The Balaban J connectivity index is 2.25. The Morgan fingerprint density at radius 3 is 2.50 bits per heavy atom. The molecular formula is C20H21ClN2O3. The molecule has 0 saturated carbocycles. The summed E-state index contributed by atoms with van der Waals surface area (Å²) in [6.45, 7) is 4.27. The van der Waals surface area contributed by atoms with Gasteiger partial charge in [-0.2, -0.15) is 0 Å². The molecule has 0 aliphatic rings. The number of hydrogen-bond acceptors (Lipinski definition) is 5. The summed E-state index contributed by atoms with van der Waals surface area (Å²) in [5.41, 5.74) is 3.71. The maximum atomic E-state index is 6.34. The van der Waals surface area contributed by atoms with Gasteiger partial charge in [0.2, 0.25) is 0 Å². The van der Waals surface area contributed by atoms with Crippen molar-refractivity contribution in [3.05, 3.63) is 82.9 Å². The molecule has 2 aromatic carbocycles. The van der Waals surface area contributed by atoms with E-state index in [1.54, 1.807) is 19.3 Å². The number of rotatable bonds is 9. The minimum atomic E-state index is 0.172. The fourth-order valence-corrected chi connectivity index (χ4v) is 2.57. The van der Waals surface area contributed by atoms with E-state index in [2.05, 4.69) is 16.9 Å². The molecule has 0 N–H and O–H groups in total. The summed E-state index contributed by atoms with van der Waals surface area (Å²) in [5.74, 6) is 0. The van der Waals surface area contributed by atoms with Gasteiger partial charge in [-0.1, -0.05) is 71.0 Å². The summed E-state index contributed by atoms with van der Waals surface area (Å²) in [6, 6.07) is 15.2. The lowest BCUT2D eigenvalue weighted by atomic mass is 10.0. The van der Waals surface area contributed by atoms with Crippen LogP contribution in [0.25, 0.3) is 0 Å². The van der Waals surface area contributed by atoms with Crippen molar-refractivity contribution in [3.63, 3.8) is 0 Å². The summed E-state index contributed by atoms with van der Waals surface area (Å²) in [5, 5.41) is 8.74. The van der Waals surface area contributed by atoms with Gasteiger partial charge in [0.1, 0.15) is 25.1 Å². The van der Waals surface area contributed by atoms with E-state index < -0.39 is 0 Å². The molecule has 0 aromatic heterocycles. The SMILES string of the molecule is C=C/C(=N/OC)c1cccc(Cl)c1CO/N=C(\COC)c1ccccc1. The molecule has 0 aliphatic carbocycles. The van der Waals surface area contributed by atoms with Gasteiger partial charge in [-0.05, 0) is 12.1 Å². The second kappa shape index (κ2) is 10.4. The topological polar surface area (TPSA) is 52.4 Å². The summed E-state index contributed by atoms with van der Waals surface area (Å²) >= 11 is 6.34. The number of methoxy groups -OCH3 is 1. The monoisotopic (exact) mass is 372 g/mol. The molecule has 26 heavy (non-hydrogen) atoms. The van der Waals surface area contributed by atoms with Crippen LogP contribution < -0.4 is 0 Å². The molecule has 0 heterocycles. The normalized spacial score (nSPS) is 12.0. The fraction of sp³-hybridized carbons (Fsp3) is 0.200. The van der Waals surface area contributed by atoms with Crippen molar-refractivity contribution in [2.75, 3.05) is 20.8 Å². The molecule has 0 unspecified atom stereocenters. The smallest absolute Gasteiger partial charge is 0.144 e. The highest BCUT2D eigenvalue weighted by Crippen LogP contribution is 2.22. The van der Waals surface area contributed by atoms with E-state index in [1.165, 1.54) is 7.11 Å². The second-order valence-electron chi connectivity index (χ2n) is 5.24. The number of oxime groups is 2. The first kappa shape index (κ1) is 19.7. The zero-order valence-corrected chi connectivity index (χ0v) is 15.6. The van der Waals surface area contributed by atoms with Crippen LogP contribution in [0.15, 0.2) is 71.5 Å². The van der Waals surface area contributed by atoms with Gasteiger partial charge in [0.15, 0.2) is 0 Å². The lowest BCUT2D eigenvalue weighted by Crippen LogP contribution is -2.10. The third-order valence-electron chi connectivity index (χ3n) is 3.55. The molecule has 0 aliphatic heterocycles. The second-order valence-corrected chi connectivity index (χ2v) is 5.65. The van der Waals surface area contributed by atoms with Gasteiger partial charge >= 0.3 is 0 Å². The lowest BCUT2D eigenvalue weighted by molar-refractivity contribution is 0.127. The van der Waals surface area contributed by atoms with Gasteiger partial charge in [0.05, 0.1) is 6.61 Å². The van der Waals surface area contributed by atoms with Gasteiger partial charge in [-0.3, -0.25) is 0 Å². The van der Waals surface area contributed by atoms with Gasteiger partial charge in [-0.25, -0.2) is 0 Å². The molecule has 6 heteroatoms. The van der Waals surface area contributed by atoms with Gasteiger partial charge < -0.3 is 14.4 Å². The van der Waals surface area contributed by atoms with E-state index in [-0.39, 0.29) is 6.61 Å². The van der Waals surface area contributed by atoms with Crippen molar-refractivity contribution in [3.8, 4) is 0 Å². The van der Waals surface area contributed by atoms with E-state index in [4.69, 9.17) is 26.0 Å². The van der Waals surface area contributed by atoms with E-state index in [9.17, 15) is 0 Å². The molecular weight excluding hydrogens is 352 g/mol. The Hall–Kier alpha value is -2.63. The third-order valence-corrected chi connectivity index (χ3v) is 3.90. The van der Waals surface area contributed by atoms with Crippen LogP contribution in [-0.4, -0.2) is 32.2 Å². The van der Waals surface area contributed by atoms with E-state index in [0.29, 0.717) is 23.1 Å². The first-order valence-electron chi connectivity index (χ1n) is 7.95. The average Bonchev–Trinajstić information content (AvgIpc) is 2.67. The molecule has 2 aromatic rings. The Morgan fingerprint density at radius 2 is 1.85 bits per heavy atom. The zero-order valence-electron chi connectivity index (χ0n) is 14.8. The van der Waals surface area contributed by atoms with Crippen LogP contribution >= 0.6 is 11.6 Å². The van der Waals surface area contributed by atoms with Gasteiger partial charge in [0.25, 0.3) is 0 Å². The number of halogens is 1. The molecule has 136 valence electrons. The highest BCUT2D eigenvalue weighted by molar-refractivity contribution is 6.32. The van der Waals surface area contributed by atoms with Crippen molar-refractivity contribution in [1.82, 2.24) is 0 Å². The van der Waals surface area contributed by atoms with Crippen LogP contribution in [0.4, 0.5) is 0 Å². The van der Waals surface area contributed by atoms with Crippen LogP contribution in [0.2, 0.25) is 5.02 Å². The number of hydrogen-bond donors (Lipinski definition) is 0. The minimum Gasteiger partial charge on any atom is -0.399 e. The predicted molar refractivity (Wildman–Crippen MR) is 105 cm³/mol. The highest BCUT2D eigenvalue weighted by Gasteiger charge is 2.12. The number of ether oxygens (including phenoxy) is 1. The number of allylic oxidation sites excluding steroid dienone is 1. The van der Waals surface area contributed by atoms with Crippen LogP contribution in [0.3, 0.4) is 0 Å². The Kier molecular flexibility index (Phi) is 7.86. The maximum Gasteiger partial charge on any atom is 0.144 e. The van der Waals surface area contributed by atoms with Gasteiger partial charge in [-0.15, -0.1) is 0 Å². The largest absolute Gasteiger partial charge is 0.399 e. The standard InChI is InChI=1S/C20H21ClN2O3/c1-4-19(22-25-3)16-11-8-12-18(21)17(16)13-26-23-20(14-24-2)15-9-6-5-7-10-15/h4-12H,1,13-14H2,2-3H3/b22-19-,23-20+. The molecule has 0 spiro atoms. The van der Waals surface area contributed by atoms with E-state index in [0.717, 1.165) is 16.7 Å². The summed E-state index contributed by atoms with van der Waals surface area (Å²) in [4.78, 5) is 10.4. The van der Waals surface area contributed by atoms with E-state index in [1.807, 2.05) is 42.5 Å². The first-order valence-corrected chi connectivity index (χ1v) is 8.33. The molecule has 0 radical (unpaired) electrons. The van der Waals surface area contributed by atoms with Crippen LogP contribution in [0, 0.1) is 0 Å². The molecule has 5 nitrogen and oxygen atoms in total. The van der Waals surface area contributed by atoms with Crippen molar-refractivity contribution in [1.29, 1.82) is 0 Å². The number of nitrogens with zero attached hydrogens (tertiary/aromatic N) is 2. The van der Waals surface area contributed by atoms with Gasteiger partial charge in [0, 0.05) is 28.8 Å². The fourth-order valence-electron chi connectivity index (χ4n) is 2.34. The van der Waals surface area contributed by atoms with Crippen LogP contribution in [0.1, 0.15) is 16.7 Å². The maximum absolute atomic E-state index is 6.34. The van der Waals surface area contributed by atoms with Crippen molar-refractivity contribution in [2.24, 2.45) is 10.3 Å². The predicted octanol–water partition coefficient (Wildman–Crippen LogP) is 4.44. The molecule has 0 fully saturated rings. The summed E-state index contributed by atoms with van der Waals surface area (Å²) in [7, 11) is 3.09.